The zero-order valence-corrected chi connectivity index (χ0v) is 24.6. The summed E-state index contributed by atoms with van der Waals surface area (Å²) in [7, 11) is -2.88. The van der Waals surface area contributed by atoms with Gasteiger partial charge in [-0.25, -0.2) is 0 Å². The summed E-state index contributed by atoms with van der Waals surface area (Å²) in [6.45, 7) is 14.4. The lowest BCUT2D eigenvalue weighted by Crippen LogP contribution is -2.71. The molecule has 0 aromatic heterocycles. The van der Waals surface area contributed by atoms with Gasteiger partial charge < -0.3 is 19.2 Å². The number of nitrogens with one attached hydrogen (secondary N) is 1. The predicted octanol–water partition coefficient (Wildman–Crippen LogP) is 5.13. The summed E-state index contributed by atoms with van der Waals surface area (Å²) in [5, 5.41) is 4.81. The highest BCUT2D eigenvalue weighted by molar-refractivity contribution is 6.99. The van der Waals surface area contributed by atoms with Crippen molar-refractivity contribution in [3.8, 4) is 0 Å². The van der Waals surface area contributed by atoms with Crippen molar-refractivity contribution in [1.82, 2.24) is 5.32 Å². The number of ether oxygens (including phenoxy) is 2. The highest BCUT2D eigenvalue weighted by atomic mass is 35.6. The first-order valence-electron chi connectivity index (χ1n) is 11.8. The fourth-order valence-electron chi connectivity index (χ4n) is 4.65. The molecule has 2 atom stereocenters. The number of amides is 1. The third kappa shape index (κ3) is 6.02. The van der Waals surface area contributed by atoms with Gasteiger partial charge in [-0.15, -0.1) is 6.58 Å². The van der Waals surface area contributed by atoms with Crippen LogP contribution in [0.25, 0.3) is 0 Å². The van der Waals surface area contributed by atoms with Gasteiger partial charge >= 0.3 is 0 Å². The Morgan fingerprint density at radius 1 is 1.08 bits per heavy atom. The van der Waals surface area contributed by atoms with Gasteiger partial charge in [-0.2, -0.15) is 0 Å². The van der Waals surface area contributed by atoms with Crippen molar-refractivity contribution in [1.29, 1.82) is 0 Å². The van der Waals surface area contributed by atoms with E-state index in [-0.39, 0.29) is 18.3 Å². The van der Waals surface area contributed by atoms with Crippen LogP contribution in [-0.2, 0) is 18.7 Å². The number of alkyl halides is 3. The van der Waals surface area contributed by atoms with Gasteiger partial charge in [-0.1, -0.05) is 122 Å². The molecule has 1 fully saturated rings. The molecular weight excluding hydrogens is 537 g/mol. The Kier molecular flexibility index (Phi) is 8.73. The summed E-state index contributed by atoms with van der Waals surface area (Å²) in [5.41, 5.74) is -1.18. The van der Waals surface area contributed by atoms with Crippen LogP contribution >= 0.6 is 34.8 Å². The molecule has 36 heavy (non-hydrogen) atoms. The molecule has 2 aromatic carbocycles. The Hall–Kier alpha value is -1.38. The maximum Gasteiger partial charge on any atom is 0.273 e. The first-order valence-corrected chi connectivity index (χ1v) is 14.8. The van der Waals surface area contributed by atoms with E-state index in [1.165, 1.54) is 0 Å². The van der Waals surface area contributed by atoms with Crippen molar-refractivity contribution < 1.29 is 18.7 Å². The Labute approximate surface area is 230 Å². The number of hydrogen-bond acceptors (Lipinski definition) is 4. The van der Waals surface area contributed by atoms with Gasteiger partial charge in [-0.05, 0) is 29.3 Å². The quantitative estimate of drug-likeness (QED) is 0.285. The zero-order valence-electron chi connectivity index (χ0n) is 21.3. The van der Waals surface area contributed by atoms with Crippen LogP contribution in [0.15, 0.2) is 73.3 Å². The molecule has 3 rings (SSSR count). The van der Waals surface area contributed by atoms with Crippen LogP contribution in [0.4, 0.5) is 0 Å². The molecule has 9 heteroatoms. The van der Waals surface area contributed by atoms with Crippen LogP contribution in [0.3, 0.4) is 0 Å². The van der Waals surface area contributed by atoms with Crippen LogP contribution in [-0.4, -0.2) is 48.7 Å². The van der Waals surface area contributed by atoms with Gasteiger partial charge in [-0.3, -0.25) is 4.79 Å². The molecule has 0 bridgehead atoms. The van der Waals surface area contributed by atoms with Crippen molar-refractivity contribution in [3.05, 3.63) is 73.3 Å². The highest BCUT2D eigenvalue weighted by Gasteiger charge is 2.54. The Morgan fingerprint density at radius 3 is 2.00 bits per heavy atom. The number of hydrogen-bond donors (Lipinski definition) is 1. The normalized spacial score (nSPS) is 22.6. The van der Waals surface area contributed by atoms with E-state index < -0.39 is 35.4 Å². The van der Waals surface area contributed by atoms with E-state index in [4.69, 9.17) is 48.7 Å². The summed E-state index contributed by atoms with van der Waals surface area (Å²) < 4.78 is 17.2. The number of halogens is 3. The largest absolute Gasteiger partial charge is 0.405 e. The summed E-state index contributed by atoms with van der Waals surface area (Å²) in [6.07, 6.45) is 0.896. The van der Waals surface area contributed by atoms with Gasteiger partial charge in [0.25, 0.3) is 18.0 Å². The summed E-state index contributed by atoms with van der Waals surface area (Å²) >= 11 is 17.6. The molecular formula is C27H34Cl3NO4Si. The standard InChI is InChI=1S/C27H34Cl3NO4Si/c1-7-26(31-23(32)27(28,29)30)19-33-25(5,6)35-22(26)18-34-36(24(2,3)4,20-14-10-8-11-15-20)21-16-12-9-13-17-21/h7-17,22H,1,18-19H2,2-6H3,(H,31,32)/t22-,26+/m0/s1. The van der Waals surface area contributed by atoms with Gasteiger partial charge in [0.05, 0.1) is 13.2 Å². The van der Waals surface area contributed by atoms with Crippen LogP contribution < -0.4 is 15.7 Å². The number of benzene rings is 2. The summed E-state index contributed by atoms with van der Waals surface area (Å²) in [5.74, 6) is -1.72. The molecule has 1 saturated heterocycles. The van der Waals surface area contributed by atoms with Crippen molar-refractivity contribution in [2.45, 2.75) is 60.9 Å². The first kappa shape index (κ1) is 29.2. The van der Waals surface area contributed by atoms with E-state index in [2.05, 4.69) is 56.9 Å². The smallest absolute Gasteiger partial charge is 0.273 e. The molecule has 0 unspecified atom stereocenters. The molecule has 0 aliphatic carbocycles. The molecule has 1 N–H and O–H groups in total. The van der Waals surface area contributed by atoms with Crippen molar-refractivity contribution >= 4 is 59.4 Å². The average Bonchev–Trinajstić information content (AvgIpc) is 2.81. The molecule has 1 heterocycles. The molecule has 1 aliphatic heterocycles. The van der Waals surface area contributed by atoms with Crippen molar-refractivity contribution in [3.63, 3.8) is 0 Å². The highest BCUT2D eigenvalue weighted by Crippen LogP contribution is 2.39. The van der Waals surface area contributed by atoms with Crippen LogP contribution in [0.5, 0.6) is 0 Å². The van der Waals surface area contributed by atoms with E-state index >= 15 is 0 Å². The summed E-state index contributed by atoms with van der Waals surface area (Å²) in [6, 6.07) is 20.6. The van der Waals surface area contributed by atoms with E-state index in [1.54, 1.807) is 6.08 Å². The second kappa shape index (κ2) is 10.8. The molecule has 1 amide bonds. The van der Waals surface area contributed by atoms with E-state index in [0.717, 1.165) is 10.4 Å². The van der Waals surface area contributed by atoms with Crippen molar-refractivity contribution in [2.24, 2.45) is 0 Å². The minimum atomic E-state index is -2.88. The Morgan fingerprint density at radius 2 is 1.58 bits per heavy atom. The Bertz CT molecular complexity index is 1010. The van der Waals surface area contributed by atoms with Gasteiger partial charge in [0.15, 0.2) is 5.79 Å². The van der Waals surface area contributed by atoms with E-state index in [9.17, 15) is 4.79 Å². The SMILES string of the molecule is C=C[C@@]1(NC(=O)C(Cl)(Cl)Cl)COC(C)(C)O[C@H]1CO[Si](c1ccccc1)(c1ccccc1)C(C)(C)C. The monoisotopic (exact) mass is 569 g/mol. The minimum absolute atomic E-state index is 0.0742. The maximum atomic E-state index is 12.7. The summed E-state index contributed by atoms with van der Waals surface area (Å²) in [4.78, 5) is 12.7. The maximum absolute atomic E-state index is 12.7. The minimum Gasteiger partial charge on any atom is -0.405 e. The first-order chi connectivity index (χ1) is 16.7. The molecule has 5 nitrogen and oxygen atoms in total. The lowest BCUT2D eigenvalue weighted by molar-refractivity contribution is -0.298. The lowest BCUT2D eigenvalue weighted by Gasteiger charge is -2.50. The van der Waals surface area contributed by atoms with Gasteiger partial charge in [0.2, 0.25) is 0 Å². The average molecular weight is 571 g/mol. The van der Waals surface area contributed by atoms with Gasteiger partial charge in [0, 0.05) is 0 Å². The second-order valence-corrected chi connectivity index (χ2v) is 17.1. The van der Waals surface area contributed by atoms with Crippen LogP contribution in [0.2, 0.25) is 5.04 Å². The molecule has 0 spiro atoms. The fourth-order valence-corrected chi connectivity index (χ4v) is 9.35. The topological polar surface area (TPSA) is 56.8 Å². The van der Waals surface area contributed by atoms with E-state index in [0.29, 0.717) is 0 Å². The second-order valence-electron chi connectivity index (χ2n) is 10.5. The molecule has 0 radical (unpaired) electrons. The fraction of sp³-hybridized carbons (Fsp3) is 0.444. The predicted molar refractivity (Wildman–Crippen MR) is 150 cm³/mol. The third-order valence-electron chi connectivity index (χ3n) is 6.50. The lowest BCUT2D eigenvalue weighted by atomic mass is 9.91. The van der Waals surface area contributed by atoms with Crippen LogP contribution in [0.1, 0.15) is 34.6 Å². The third-order valence-corrected chi connectivity index (χ3v) is 12.0. The molecule has 2 aromatic rings. The number of carbonyl (C=O) groups is 1. The Balaban J connectivity index is 2.09. The molecule has 0 saturated carbocycles. The van der Waals surface area contributed by atoms with Crippen molar-refractivity contribution in [2.75, 3.05) is 13.2 Å². The zero-order chi connectivity index (χ0) is 26.8. The number of carbonyl (C=O) groups excluding carboxylic acids is 1. The van der Waals surface area contributed by atoms with Crippen LogP contribution in [0, 0.1) is 0 Å². The molecule has 1 aliphatic rings. The molecule has 196 valence electrons. The van der Waals surface area contributed by atoms with Gasteiger partial charge in [0.1, 0.15) is 11.6 Å². The van der Waals surface area contributed by atoms with E-state index in [1.807, 2.05) is 50.2 Å². The number of rotatable bonds is 7.